The molecule has 9 heteroatoms. The number of nitriles is 1. The molecule has 1 amide bonds. The molecule has 2 aromatic rings. The standard InChI is InChI=1S/C23H25N5O3S/c1-27(19-4-5-19)32(30,31)20-6-2-16(3-7-20)18-14-21(23(25)26-15-18)17-9-12-28(13-10-17)22(29)8-11-24/h2-3,6-7,9,14-15,19H,4-5,8,10,12-13H2,1H3,(H2,25,26). The molecule has 1 aliphatic carbocycles. The Morgan fingerprint density at radius 1 is 1.28 bits per heavy atom. The molecule has 2 aliphatic rings. The Balaban J connectivity index is 1.56. The summed E-state index contributed by atoms with van der Waals surface area (Å²) in [5.74, 6) is 0.229. The number of carbonyl (C=O) groups excluding carboxylic acids is 1. The summed E-state index contributed by atoms with van der Waals surface area (Å²) in [4.78, 5) is 18.2. The van der Waals surface area contributed by atoms with Crippen LogP contribution in [0.25, 0.3) is 16.7 Å². The number of hydrogen-bond acceptors (Lipinski definition) is 6. The van der Waals surface area contributed by atoms with Gasteiger partial charge in [0.2, 0.25) is 15.9 Å². The van der Waals surface area contributed by atoms with E-state index in [1.165, 1.54) is 4.31 Å². The average Bonchev–Trinajstić information content (AvgIpc) is 3.65. The van der Waals surface area contributed by atoms with Crippen molar-refractivity contribution in [2.45, 2.75) is 36.6 Å². The lowest BCUT2D eigenvalue weighted by molar-refractivity contribution is -0.129. The van der Waals surface area contributed by atoms with E-state index in [-0.39, 0.29) is 23.3 Å². The van der Waals surface area contributed by atoms with Gasteiger partial charge in [-0.3, -0.25) is 4.79 Å². The van der Waals surface area contributed by atoms with Crippen LogP contribution in [-0.2, 0) is 14.8 Å². The van der Waals surface area contributed by atoms with E-state index in [4.69, 9.17) is 11.0 Å². The van der Waals surface area contributed by atoms with Crippen molar-refractivity contribution in [3.8, 4) is 17.2 Å². The quantitative estimate of drug-likeness (QED) is 0.721. The lowest BCUT2D eigenvalue weighted by atomic mass is 9.97. The number of carbonyl (C=O) groups is 1. The summed E-state index contributed by atoms with van der Waals surface area (Å²) in [6.45, 7) is 0.956. The monoisotopic (exact) mass is 451 g/mol. The molecule has 8 nitrogen and oxygen atoms in total. The number of rotatable bonds is 6. The molecule has 0 bridgehead atoms. The number of aromatic nitrogens is 1. The van der Waals surface area contributed by atoms with Gasteiger partial charge in [0.1, 0.15) is 12.2 Å². The molecule has 1 saturated carbocycles. The van der Waals surface area contributed by atoms with Crippen LogP contribution in [0.5, 0.6) is 0 Å². The zero-order valence-electron chi connectivity index (χ0n) is 17.9. The lowest BCUT2D eigenvalue weighted by Gasteiger charge is -2.26. The van der Waals surface area contributed by atoms with E-state index in [9.17, 15) is 13.2 Å². The number of benzene rings is 1. The summed E-state index contributed by atoms with van der Waals surface area (Å²) in [6, 6.07) is 10.7. The molecule has 1 aromatic carbocycles. The molecule has 1 fully saturated rings. The smallest absolute Gasteiger partial charge is 0.243 e. The fraction of sp³-hybridized carbons (Fsp3) is 0.348. The Morgan fingerprint density at radius 2 is 2.00 bits per heavy atom. The highest BCUT2D eigenvalue weighted by atomic mass is 32.2. The van der Waals surface area contributed by atoms with Crippen molar-refractivity contribution in [3.63, 3.8) is 0 Å². The molecule has 166 valence electrons. The number of amides is 1. The molecule has 4 rings (SSSR count). The van der Waals surface area contributed by atoms with Crippen LogP contribution in [0.2, 0.25) is 0 Å². The van der Waals surface area contributed by atoms with Crippen molar-refractivity contribution in [2.75, 3.05) is 25.9 Å². The van der Waals surface area contributed by atoms with Gasteiger partial charge in [-0.05, 0) is 48.6 Å². The van der Waals surface area contributed by atoms with Gasteiger partial charge in [0.05, 0.1) is 11.0 Å². The molecule has 0 spiro atoms. The van der Waals surface area contributed by atoms with Crippen molar-refractivity contribution >= 4 is 27.3 Å². The Hall–Kier alpha value is -3.22. The Bertz CT molecular complexity index is 1210. The third-order valence-electron chi connectivity index (χ3n) is 5.98. The highest BCUT2D eigenvalue weighted by molar-refractivity contribution is 7.89. The first-order valence-corrected chi connectivity index (χ1v) is 11.9. The second kappa shape index (κ2) is 8.73. The van der Waals surface area contributed by atoms with Crippen LogP contribution in [0.15, 0.2) is 47.5 Å². The van der Waals surface area contributed by atoms with E-state index < -0.39 is 10.0 Å². The second-order valence-corrected chi connectivity index (χ2v) is 10.1. The van der Waals surface area contributed by atoms with Crippen molar-refractivity contribution in [2.24, 2.45) is 0 Å². The molecule has 0 radical (unpaired) electrons. The largest absolute Gasteiger partial charge is 0.383 e. The average molecular weight is 452 g/mol. The maximum absolute atomic E-state index is 12.7. The SMILES string of the molecule is CN(C1CC1)S(=O)(=O)c1ccc(-c2cnc(N)c(C3=CCN(C(=O)CC#N)CC3)c2)cc1. The van der Waals surface area contributed by atoms with Crippen molar-refractivity contribution in [3.05, 3.63) is 48.2 Å². The van der Waals surface area contributed by atoms with E-state index in [2.05, 4.69) is 4.98 Å². The number of hydrogen-bond donors (Lipinski definition) is 1. The zero-order valence-corrected chi connectivity index (χ0v) is 18.7. The summed E-state index contributed by atoms with van der Waals surface area (Å²) in [5, 5.41) is 8.71. The van der Waals surface area contributed by atoms with Gasteiger partial charge >= 0.3 is 0 Å². The molecule has 2 N–H and O–H groups in total. The number of nitrogen functional groups attached to an aromatic ring is 1. The summed E-state index contributed by atoms with van der Waals surface area (Å²) in [5.41, 5.74) is 9.61. The Labute approximate surface area is 188 Å². The first-order chi connectivity index (χ1) is 15.3. The van der Waals surface area contributed by atoms with Gasteiger partial charge in [-0.2, -0.15) is 9.57 Å². The van der Waals surface area contributed by atoms with Crippen LogP contribution < -0.4 is 5.73 Å². The van der Waals surface area contributed by atoms with Gasteiger partial charge in [0.15, 0.2) is 0 Å². The highest BCUT2D eigenvalue weighted by Crippen LogP contribution is 2.33. The van der Waals surface area contributed by atoms with Crippen LogP contribution in [-0.4, -0.2) is 54.7 Å². The van der Waals surface area contributed by atoms with Crippen LogP contribution >= 0.6 is 0 Å². The molecule has 2 heterocycles. The number of anilines is 1. The van der Waals surface area contributed by atoms with Gasteiger partial charge in [-0.1, -0.05) is 18.2 Å². The molecule has 0 unspecified atom stereocenters. The van der Waals surface area contributed by atoms with Crippen molar-refractivity contribution < 1.29 is 13.2 Å². The van der Waals surface area contributed by atoms with Crippen molar-refractivity contribution in [1.29, 1.82) is 5.26 Å². The van der Waals surface area contributed by atoms with Crippen LogP contribution in [0, 0.1) is 11.3 Å². The number of sulfonamides is 1. The fourth-order valence-electron chi connectivity index (χ4n) is 3.83. The normalized spacial score (nSPS) is 16.5. The minimum Gasteiger partial charge on any atom is -0.383 e. The lowest BCUT2D eigenvalue weighted by Crippen LogP contribution is -2.34. The van der Waals surface area contributed by atoms with Crippen LogP contribution in [0.1, 0.15) is 31.2 Å². The van der Waals surface area contributed by atoms with E-state index in [1.54, 1.807) is 42.4 Å². The van der Waals surface area contributed by atoms with Crippen LogP contribution in [0.4, 0.5) is 5.82 Å². The van der Waals surface area contributed by atoms with E-state index >= 15 is 0 Å². The topological polar surface area (TPSA) is 120 Å². The van der Waals surface area contributed by atoms with Crippen LogP contribution in [0.3, 0.4) is 0 Å². The minimum absolute atomic E-state index is 0.110. The summed E-state index contributed by atoms with van der Waals surface area (Å²) >= 11 is 0. The van der Waals surface area contributed by atoms with E-state index in [0.717, 1.165) is 35.1 Å². The van der Waals surface area contributed by atoms with Gasteiger partial charge in [-0.25, -0.2) is 13.4 Å². The maximum atomic E-state index is 12.7. The number of pyridine rings is 1. The molecule has 1 aromatic heterocycles. The molecule has 1 aliphatic heterocycles. The van der Waals surface area contributed by atoms with Gasteiger partial charge < -0.3 is 10.6 Å². The summed E-state index contributed by atoms with van der Waals surface area (Å²) < 4.78 is 26.9. The molecular weight excluding hydrogens is 426 g/mol. The van der Waals surface area contributed by atoms with Gasteiger partial charge in [-0.15, -0.1) is 0 Å². The zero-order chi connectivity index (χ0) is 22.9. The molecule has 0 atom stereocenters. The maximum Gasteiger partial charge on any atom is 0.243 e. The number of nitrogens with two attached hydrogens (primary N) is 1. The van der Waals surface area contributed by atoms with E-state index in [0.29, 0.717) is 25.3 Å². The van der Waals surface area contributed by atoms with Crippen molar-refractivity contribution in [1.82, 2.24) is 14.2 Å². The predicted octanol–water partition coefficient (Wildman–Crippen LogP) is 2.64. The van der Waals surface area contributed by atoms with Gasteiger partial charge in [0, 0.05) is 43.5 Å². The van der Waals surface area contributed by atoms with Gasteiger partial charge in [0.25, 0.3) is 0 Å². The molecule has 0 saturated heterocycles. The Morgan fingerprint density at radius 3 is 2.59 bits per heavy atom. The second-order valence-electron chi connectivity index (χ2n) is 8.09. The Kier molecular flexibility index (Phi) is 6.00. The van der Waals surface area contributed by atoms with E-state index in [1.807, 2.05) is 18.2 Å². The fourth-order valence-corrected chi connectivity index (χ4v) is 5.25. The number of nitrogens with zero attached hydrogens (tertiary/aromatic N) is 4. The molecular formula is C23H25N5O3S. The molecule has 32 heavy (non-hydrogen) atoms. The first kappa shape index (κ1) is 22.0. The predicted molar refractivity (Wildman–Crippen MR) is 121 cm³/mol. The summed E-state index contributed by atoms with van der Waals surface area (Å²) in [7, 11) is -1.86. The first-order valence-electron chi connectivity index (χ1n) is 10.5. The summed E-state index contributed by atoms with van der Waals surface area (Å²) in [6.07, 6.45) is 5.94. The third kappa shape index (κ3) is 4.38. The highest BCUT2D eigenvalue weighted by Gasteiger charge is 2.35. The third-order valence-corrected chi connectivity index (χ3v) is 7.91. The minimum atomic E-state index is -3.49.